The van der Waals surface area contributed by atoms with Crippen LogP contribution < -0.4 is 5.32 Å². The number of aryl methyl sites for hydroxylation is 1. The number of amides is 1. The first-order chi connectivity index (χ1) is 15.9. The molecule has 1 aliphatic rings. The second-order valence-electron chi connectivity index (χ2n) is 7.94. The van der Waals surface area contributed by atoms with E-state index in [2.05, 4.69) is 30.9 Å². The average molecular weight is 471 g/mol. The molecule has 0 saturated heterocycles. The molecule has 1 fully saturated rings. The number of alkyl halides is 2. The van der Waals surface area contributed by atoms with E-state index in [1.807, 2.05) is 0 Å². The van der Waals surface area contributed by atoms with Crippen LogP contribution >= 0.6 is 11.3 Å². The van der Waals surface area contributed by atoms with Gasteiger partial charge in [0.05, 0.1) is 19.2 Å². The number of carbonyl (C=O) groups is 1. The Labute approximate surface area is 190 Å². The van der Waals surface area contributed by atoms with E-state index >= 15 is 0 Å². The molecule has 3 heterocycles. The van der Waals surface area contributed by atoms with Crippen LogP contribution in [0.15, 0.2) is 47.1 Å². The lowest BCUT2D eigenvalue weighted by molar-refractivity contribution is -0.118. The van der Waals surface area contributed by atoms with Crippen LogP contribution in [0.2, 0.25) is 0 Å². The zero-order valence-corrected chi connectivity index (χ0v) is 18.3. The first kappa shape index (κ1) is 21.3. The van der Waals surface area contributed by atoms with E-state index in [1.54, 1.807) is 43.4 Å². The smallest absolute Gasteiger partial charge is 0.248 e. The molecule has 170 valence electrons. The third kappa shape index (κ3) is 4.51. The number of anilines is 1. The number of hydrogen-bond acceptors (Lipinski definition) is 8. The Hall–Kier alpha value is -3.54. The van der Waals surface area contributed by atoms with Gasteiger partial charge in [-0.05, 0) is 35.2 Å². The van der Waals surface area contributed by atoms with Crippen molar-refractivity contribution in [2.75, 3.05) is 5.32 Å². The number of halogens is 2. The SMILES string of the molecule is Cn1nnc(-c2ccc([C@@H](C(=O)Nc3nnc(-c4ccco4)s3)[C@H]3CCC(F)(F)C3)cc2)n1. The van der Waals surface area contributed by atoms with E-state index < -0.39 is 23.7 Å². The molecule has 12 heteroatoms. The topological polar surface area (TPSA) is 112 Å². The van der Waals surface area contributed by atoms with Gasteiger partial charge < -0.3 is 4.42 Å². The summed E-state index contributed by atoms with van der Waals surface area (Å²) in [6.07, 6.45) is 1.20. The molecule has 0 radical (unpaired) electrons. The van der Waals surface area contributed by atoms with Crippen molar-refractivity contribution in [1.29, 1.82) is 0 Å². The van der Waals surface area contributed by atoms with Gasteiger partial charge in [0.2, 0.25) is 22.8 Å². The highest BCUT2D eigenvalue weighted by molar-refractivity contribution is 7.18. The van der Waals surface area contributed by atoms with Crippen LogP contribution in [0.4, 0.5) is 13.9 Å². The van der Waals surface area contributed by atoms with Crippen LogP contribution in [0.3, 0.4) is 0 Å². The molecule has 0 spiro atoms. The predicted molar refractivity (Wildman–Crippen MR) is 116 cm³/mol. The summed E-state index contributed by atoms with van der Waals surface area (Å²) in [7, 11) is 1.66. The summed E-state index contributed by atoms with van der Waals surface area (Å²) in [6.45, 7) is 0. The monoisotopic (exact) mass is 471 g/mol. The predicted octanol–water partition coefficient (Wildman–Crippen LogP) is 4.15. The van der Waals surface area contributed by atoms with Crippen molar-refractivity contribution in [3.63, 3.8) is 0 Å². The van der Waals surface area contributed by atoms with E-state index in [9.17, 15) is 13.6 Å². The molecule has 0 bridgehead atoms. The molecule has 4 aromatic rings. The number of hydrogen-bond donors (Lipinski definition) is 1. The molecule has 1 N–H and O–H groups in total. The van der Waals surface area contributed by atoms with Gasteiger partial charge in [-0.2, -0.15) is 4.80 Å². The lowest BCUT2D eigenvalue weighted by Crippen LogP contribution is -2.27. The van der Waals surface area contributed by atoms with E-state index in [0.717, 1.165) is 16.9 Å². The Kier molecular flexibility index (Phi) is 5.44. The molecule has 1 aromatic carbocycles. The van der Waals surface area contributed by atoms with Crippen molar-refractivity contribution >= 4 is 22.4 Å². The summed E-state index contributed by atoms with van der Waals surface area (Å²) < 4.78 is 33.3. The maximum Gasteiger partial charge on any atom is 0.248 e. The fourth-order valence-corrected chi connectivity index (χ4v) is 4.82. The van der Waals surface area contributed by atoms with Crippen molar-refractivity contribution in [3.05, 3.63) is 48.2 Å². The summed E-state index contributed by atoms with van der Waals surface area (Å²) in [4.78, 5) is 14.6. The molecule has 2 atom stereocenters. The molecule has 1 aliphatic carbocycles. The van der Waals surface area contributed by atoms with Crippen molar-refractivity contribution < 1.29 is 18.0 Å². The van der Waals surface area contributed by atoms with Gasteiger partial charge in [0, 0.05) is 18.4 Å². The summed E-state index contributed by atoms with van der Waals surface area (Å²) in [5.74, 6) is -3.46. The van der Waals surface area contributed by atoms with Gasteiger partial charge in [-0.15, -0.1) is 20.4 Å². The Balaban J connectivity index is 1.40. The first-order valence-electron chi connectivity index (χ1n) is 10.3. The van der Waals surface area contributed by atoms with Gasteiger partial charge in [0.25, 0.3) is 0 Å². The Bertz CT molecular complexity index is 1250. The van der Waals surface area contributed by atoms with Gasteiger partial charge in [-0.3, -0.25) is 10.1 Å². The van der Waals surface area contributed by atoms with Crippen molar-refractivity contribution in [1.82, 2.24) is 30.4 Å². The Morgan fingerprint density at radius 2 is 2.06 bits per heavy atom. The number of carbonyl (C=O) groups excluding carboxylic acids is 1. The van der Waals surface area contributed by atoms with Crippen molar-refractivity contribution in [3.8, 4) is 22.2 Å². The quantitative estimate of drug-likeness (QED) is 0.450. The number of nitrogens with one attached hydrogen (secondary N) is 1. The Morgan fingerprint density at radius 3 is 2.70 bits per heavy atom. The molecular weight excluding hydrogens is 452 g/mol. The molecule has 1 saturated carbocycles. The van der Waals surface area contributed by atoms with Gasteiger partial charge in [-0.25, -0.2) is 8.78 Å². The van der Waals surface area contributed by atoms with Gasteiger partial charge in [0.15, 0.2) is 10.8 Å². The third-order valence-electron chi connectivity index (χ3n) is 5.62. The standard InChI is InChI=1S/C21H19F2N7O2S/c1-30-28-17(25-29-30)13-6-4-12(5-7-13)16(14-8-9-21(22,23)11-14)18(31)24-20-27-26-19(33-20)15-3-2-10-32-15/h2-7,10,14,16H,8-9,11H2,1H3,(H,24,27,31)/t14-,16+/m0/s1. The van der Waals surface area contributed by atoms with Gasteiger partial charge in [0.1, 0.15) is 0 Å². The van der Waals surface area contributed by atoms with Crippen LogP contribution in [0, 0.1) is 5.92 Å². The fourth-order valence-electron chi connectivity index (χ4n) is 4.10. The minimum atomic E-state index is -2.78. The van der Waals surface area contributed by atoms with Crippen LogP contribution in [-0.2, 0) is 11.8 Å². The van der Waals surface area contributed by atoms with Crippen LogP contribution in [0.5, 0.6) is 0 Å². The lowest BCUT2D eigenvalue weighted by atomic mass is 9.83. The minimum absolute atomic E-state index is 0.232. The van der Waals surface area contributed by atoms with E-state index in [0.29, 0.717) is 22.2 Å². The second kappa shape index (κ2) is 8.43. The summed E-state index contributed by atoms with van der Waals surface area (Å²) in [5.41, 5.74) is 1.36. The van der Waals surface area contributed by atoms with Gasteiger partial charge in [-0.1, -0.05) is 35.6 Å². The molecule has 33 heavy (non-hydrogen) atoms. The van der Waals surface area contributed by atoms with Gasteiger partial charge >= 0.3 is 0 Å². The highest BCUT2D eigenvalue weighted by Gasteiger charge is 2.45. The van der Waals surface area contributed by atoms with Crippen molar-refractivity contribution in [2.45, 2.75) is 31.1 Å². The zero-order valence-electron chi connectivity index (χ0n) is 17.5. The largest absolute Gasteiger partial charge is 0.462 e. The zero-order chi connectivity index (χ0) is 23.0. The average Bonchev–Trinajstić information content (AvgIpc) is 3.57. The molecule has 0 aliphatic heterocycles. The second-order valence-corrected chi connectivity index (χ2v) is 8.92. The van der Waals surface area contributed by atoms with Crippen LogP contribution in [0.25, 0.3) is 22.2 Å². The maximum absolute atomic E-state index is 14.0. The highest BCUT2D eigenvalue weighted by atomic mass is 32.1. The normalized spacial score (nSPS) is 18.3. The highest BCUT2D eigenvalue weighted by Crippen LogP contribution is 2.46. The van der Waals surface area contributed by atoms with E-state index in [-0.39, 0.29) is 24.4 Å². The number of rotatable bonds is 6. The number of nitrogens with zero attached hydrogens (tertiary/aromatic N) is 6. The number of tetrazole rings is 1. The molecular formula is C21H19F2N7O2S. The van der Waals surface area contributed by atoms with E-state index in [1.165, 1.54) is 11.1 Å². The summed E-state index contributed by atoms with van der Waals surface area (Å²) in [6, 6.07) is 10.5. The molecule has 3 aromatic heterocycles. The Morgan fingerprint density at radius 1 is 1.24 bits per heavy atom. The number of furan rings is 1. The summed E-state index contributed by atoms with van der Waals surface area (Å²) in [5, 5.41) is 23.5. The minimum Gasteiger partial charge on any atom is -0.462 e. The van der Waals surface area contributed by atoms with Crippen LogP contribution in [0.1, 0.15) is 30.7 Å². The van der Waals surface area contributed by atoms with Crippen molar-refractivity contribution in [2.24, 2.45) is 13.0 Å². The lowest BCUT2D eigenvalue weighted by Gasteiger charge is -2.23. The summed E-state index contributed by atoms with van der Waals surface area (Å²) >= 11 is 1.15. The molecule has 9 nitrogen and oxygen atoms in total. The fraction of sp³-hybridized carbons (Fsp3) is 0.333. The maximum atomic E-state index is 14.0. The molecule has 1 amide bonds. The first-order valence-corrected chi connectivity index (χ1v) is 11.1. The molecule has 5 rings (SSSR count). The number of benzene rings is 1. The van der Waals surface area contributed by atoms with Crippen LogP contribution in [-0.4, -0.2) is 42.2 Å². The third-order valence-corrected chi connectivity index (χ3v) is 6.47. The number of aromatic nitrogens is 6. The molecule has 0 unspecified atom stereocenters. The van der Waals surface area contributed by atoms with E-state index in [4.69, 9.17) is 4.42 Å².